The molecule has 0 spiro atoms. The van der Waals surface area contributed by atoms with E-state index >= 15 is 0 Å². The highest BCUT2D eigenvalue weighted by atomic mass is 35.5. The molecular weight excluding hydrogens is 378 g/mol. The third-order valence-corrected chi connectivity index (χ3v) is 5.26. The second-order valence-corrected chi connectivity index (χ2v) is 7.70. The molecule has 0 saturated carbocycles. The van der Waals surface area contributed by atoms with Gasteiger partial charge in [-0.3, -0.25) is 19.2 Å². The Balaban J connectivity index is 1.40. The fraction of sp³-hybridized carbons (Fsp3) is 0.450. The Hall–Kier alpha value is -2.38. The number of nitrogens with zero attached hydrogens (tertiary/aromatic N) is 3. The molecule has 150 valence electrons. The smallest absolute Gasteiger partial charge is 0.254 e. The first kappa shape index (κ1) is 20.4. The molecule has 8 heteroatoms. The predicted octanol–water partition coefficient (Wildman–Crippen LogP) is 2.15. The van der Waals surface area contributed by atoms with Crippen LogP contribution in [0.3, 0.4) is 0 Å². The number of rotatable bonds is 6. The van der Waals surface area contributed by atoms with Crippen LogP contribution in [-0.4, -0.2) is 52.2 Å². The van der Waals surface area contributed by atoms with Crippen molar-refractivity contribution in [2.45, 2.75) is 31.8 Å². The number of benzene rings is 1. The number of carbonyl (C=O) groups excluding carboxylic acids is 2. The topological polar surface area (TPSA) is 79.3 Å². The highest BCUT2D eigenvalue weighted by molar-refractivity contribution is 6.30. The van der Waals surface area contributed by atoms with Gasteiger partial charge in [0.25, 0.3) is 5.91 Å². The predicted molar refractivity (Wildman–Crippen MR) is 108 cm³/mol. The van der Waals surface area contributed by atoms with E-state index in [2.05, 4.69) is 20.6 Å². The van der Waals surface area contributed by atoms with Crippen LogP contribution in [0.2, 0.25) is 5.02 Å². The van der Waals surface area contributed by atoms with Crippen LogP contribution in [0.25, 0.3) is 0 Å². The first-order valence-electron chi connectivity index (χ1n) is 9.47. The molecule has 2 N–H and O–H groups in total. The van der Waals surface area contributed by atoms with Crippen LogP contribution in [0.4, 0.5) is 0 Å². The standard InChI is InChI=1S/C20H26ClN5O2/c1-14(15-3-5-17(21)6-4-15)23-19(27)13-26-9-7-18(8-10-26)24-20(28)16-11-22-25(2)12-16/h3-6,11-12,14,18H,7-10,13H2,1-2H3,(H,23,27)(H,24,28). The number of carbonyl (C=O) groups is 2. The van der Waals surface area contributed by atoms with Crippen molar-refractivity contribution in [3.05, 3.63) is 52.8 Å². The van der Waals surface area contributed by atoms with Crippen molar-refractivity contribution < 1.29 is 9.59 Å². The average Bonchev–Trinajstić information content (AvgIpc) is 3.10. The van der Waals surface area contributed by atoms with Gasteiger partial charge in [-0.2, -0.15) is 5.10 Å². The lowest BCUT2D eigenvalue weighted by molar-refractivity contribution is -0.123. The van der Waals surface area contributed by atoms with Crippen LogP contribution in [-0.2, 0) is 11.8 Å². The molecule has 0 aliphatic carbocycles. The number of halogens is 1. The molecule has 7 nitrogen and oxygen atoms in total. The molecule has 2 aromatic rings. The van der Waals surface area contributed by atoms with Crippen LogP contribution < -0.4 is 10.6 Å². The molecular formula is C20H26ClN5O2. The minimum atomic E-state index is -0.0962. The van der Waals surface area contributed by atoms with Gasteiger partial charge in [0.05, 0.1) is 24.3 Å². The molecule has 1 saturated heterocycles. The molecule has 1 atom stereocenters. The van der Waals surface area contributed by atoms with E-state index in [9.17, 15) is 9.59 Å². The molecule has 1 fully saturated rings. The Morgan fingerprint density at radius 1 is 1.25 bits per heavy atom. The normalized spacial score (nSPS) is 16.5. The fourth-order valence-electron chi connectivity index (χ4n) is 3.37. The van der Waals surface area contributed by atoms with Crippen molar-refractivity contribution >= 4 is 23.4 Å². The molecule has 0 bridgehead atoms. The van der Waals surface area contributed by atoms with E-state index < -0.39 is 0 Å². The zero-order chi connectivity index (χ0) is 20.1. The summed E-state index contributed by atoms with van der Waals surface area (Å²) in [5, 5.41) is 10.8. The number of likely N-dealkylation sites (tertiary alicyclic amines) is 1. The summed E-state index contributed by atoms with van der Waals surface area (Å²) in [6.45, 7) is 3.88. The summed E-state index contributed by atoms with van der Waals surface area (Å²) in [5.41, 5.74) is 1.59. The Morgan fingerprint density at radius 2 is 1.93 bits per heavy atom. The number of nitrogens with one attached hydrogen (secondary N) is 2. The van der Waals surface area contributed by atoms with Gasteiger partial charge in [-0.15, -0.1) is 0 Å². The van der Waals surface area contributed by atoms with Gasteiger partial charge in [0.1, 0.15) is 0 Å². The highest BCUT2D eigenvalue weighted by Crippen LogP contribution is 2.16. The van der Waals surface area contributed by atoms with Crippen molar-refractivity contribution in [2.75, 3.05) is 19.6 Å². The van der Waals surface area contributed by atoms with Gasteiger partial charge in [0.2, 0.25) is 5.91 Å². The van der Waals surface area contributed by atoms with Gasteiger partial charge < -0.3 is 10.6 Å². The minimum absolute atomic E-state index is 0.000274. The van der Waals surface area contributed by atoms with E-state index in [4.69, 9.17) is 11.6 Å². The van der Waals surface area contributed by atoms with E-state index in [0.717, 1.165) is 31.5 Å². The Morgan fingerprint density at radius 3 is 2.54 bits per heavy atom. The third kappa shape index (κ3) is 5.56. The van der Waals surface area contributed by atoms with Gasteiger partial charge in [0.15, 0.2) is 0 Å². The molecule has 3 rings (SSSR count). The molecule has 1 unspecified atom stereocenters. The highest BCUT2D eigenvalue weighted by Gasteiger charge is 2.23. The fourth-order valence-corrected chi connectivity index (χ4v) is 3.49. The number of hydrogen-bond donors (Lipinski definition) is 2. The van der Waals surface area contributed by atoms with Crippen molar-refractivity contribution in [2.24, 2.45) is 7.05 Å². The van der Waals surface area contributed by atoms with Crippen molar-refractivity contribution in [3.63, 3.8) is 0 Å². The minimum Gasteiger partial charge on any atom is -0.349 e. The van der Waals surface area contributed by atoms with E-state index in [-0.39, 0.29) is 23.9 Å². The summed E-state index contributed by atoms with van der Waals surface area (Å²) in [7, 11) is 1.79. The summed E-state index contributed by atoms with van der Waals surface area (Å²) >= 11 is 5.91. The summed E-state index contributed by atoms with van der Waals surface area (Å²) in [5.74, 6) is -0.0959. The van der Waals surface area contributed by atoms with Crippen LogP contribution in [0.15, 0.2) is 36.7 Å². The van der Waals surface area contributed by atoms with Crippen LogP contribution >= 0.6 is 11.6 Å². The molecule has 1 aliphatic heterocycles. The van der Waals surface area contributed by atoms with E-state index in [1.54, 1.807) is 24.1 Å². The third-order valence-electron chi connectivity index (χ3n) is 5.00. The molecule has 2 amide bonds. The first-order chi connectivity index (χ1) is 13.4. The van der Waals surface area contributed by atoms with Crippen LogP contribution in [0, 0.1) is 0 Å². The maximum absolute atomic E-state index is 12.4. The number of hydrogen-bond acceptors (Lipinski definition) is 4. The van der Waals surface area contributed by atoms with Crippen molar-refractivity contribution in [3.8, 4) is 0 Å². The zero-order valence-corrected chi connectivity index (χ0v) is 16.9. The molecule has 1 aliphatic rings. The largest absolute Gasteiger partial charge is 0.349 e. The number of amides is 2. The Bertz CT molecular complexity index is 812. The number of aromatic nitrogens is 2. The van der Waals surface area contributed by atoms with Gasteiger partial charge >= 0.3 is 0 Å². The van der Waals surface area contributed by atoms with Crippen molar-refractivity contribution in [1.29, 1.82) is 0 Å². The molecule has 0 radical (unpaired) electrons. The van der Waals surface area contributed by atoms with Gasteiger partial charge in [-0.05, 0) is 37.5 Å². The summed E-state index contributed by atoms with van der Waals surface area (Å²) in [6, 6.07) is 7.54. The maximum Gasteiger partial charge on any atom is 0.254 e. The van der Waals surface area contributed by atoms with Gasteiger partial charge in [0, 0.05) is 37.4 Å². The monoisotopic (exact) mass is 403 g/mol. The summed E-state index contributed by atoms with van der Waals surface area (Å²) in [4.78, 5) is 26.7. The Kier molecular flexibility index (Phi) is 6.70. The summed E-state index contributed by atoms with van der Waals surface area (Å²) < 4.78 is 1.61. The quantitative estimate of drug-likeness (QED) is 0.774. The Labute approximate surface area is 170 Å². The van der Waals surface area contributed by atoms with Crippen LogP contribution in [0.5, 0.6) is 0 Å². The van der Waals surface area contributed by atoms with E-state index in [1.165, 1.54) is 0 Å². The maximum atomic E-state index is 12.4. The molecule has 1 aromatic carbocycles. The first-order valence-corrected chi connectivity index (χ1v) is 9.85. The van der Waals surface area contributed by atoms with Crippen molar-refractivity contribution in [1.82, 2.24) is 25.3 Å². The molecule has 28 heavy (non-hydrogen) atoms. The van der Waals surface area contributed by atoms with E-state index in [0.29, 0.717) is 17.1 Å². The number of aryl methyl sites for hydroxylation is 1. The lowest BCUT2D eigenvalue weighted by atomic mass is 10.0. The van der Waals surface area contributed by atoms with E-state index in [1.807, 2.05) is 31.2 Å². The second-order valence-electron chi connectivity index (χ2n) is 7.27. The zero-order valence-electron chi connectivity index (χ0n) is 16.2. The molecule has 2 heterocycles. The second kappa shape index (κ2) is 9.21. The SMILES string of the molecule is CC(NC(=O)CN1CCC(NC(=O)c2cnn(C)c2)CC1)c1ccc(Cl)cc1. The lowest BCUT2D eigenvalue weighted by Crippen LogP contribution is -2.47. The number of piperidine rings is 1. The van der Waals surface area contributed by atoms with Gasteiger partial charge in [-0.25, -0.2) is 0 Å². The van der Waals surface area contributed by atoms with Crippen LogP contribution in [0.1, 0.15) is 41.7 Å². The lowest BCUT2D eigenvalue weighted by Gasteiger charge is -2.32. The van der Waals surface area contributed by atoms with Gasteiger partial charge in [-0.1, -0.05) is 23.7 Å². The molecule has 1 aromatic heterocycles. The summed E-state index contributed by atoms with van der Waals surface area (Å²) in [6.07, 6.45) is 4.92. The average molecular weight is 404 g/mol.